The van der Waals surface area contributed by atoms with Crippen LogP contribution in [0.4, 0.5) is 0 Å². The highest BCUT2D eigenvalue weighted by molar-refractivity contribution is 5.92. The van der Waals surface area contributed by atoms with E-state index in [9.17, 15) is 9.90 Å². The number of nitrogens with zero attached hydrogens (tertiary/aromatic N) is 2. The standard InChI is InChI=1S/C17H20N2O4/c1-13-11-15(18-23-13)16(20)19-9-7-17(21,8-10-19)12-22-14-5-3-2-4-6-14/h2-6,11,21H,7-10,12H2,1H3. The molecule has 0 aliphatic carbocycles. The van der Waals surface area contributed by atoms with Gasteiger partial charge in [0.1, 0.15) is 23.7 Å². The molecule has 0 atom stereocenters. The number of likely N-dealkylation sites (tertiary alicyclic amines) is 1. The number of aryl methyl sites for hydroxylation is 1. The summed E-state index contributed by atoms with van der Waals surface area (Å²) in [6.07, 6.45) is 0.949. The highest BCUT2D eigenvalue weighted by Gasteiger charge is 2.35. The number of carbonyl (C=O) groups excluding carboxylic acids is 1. The highest BCUT2D eigenvalue weighted by Crippen LogP contribution is 2.24. The first-order chi connectivity index (χ1) is 11.1. The van der Waals surface area contributed by atoms with Gasteiger partial charge in [0.25, 0.3) is 5.91 Å². The fraction of sp³-hybridized carbons (Fsp3) is 0.412. The molecule has 23 heavy (non-hydrogen) atoms. The molecular weight excluding hydrogens is 296 g/mol. The van der Waals surface area contributed by atoms with E-state index >= 15 is 0 Å². The van der Waals surface area contributed by atoms with Gasteiger partial charge < -0.3 is 19.3 Å². The van der Waals surface area contributed by atoms with Crippen LogP contribution in [0.1, 0.15) is 29.1 Å². The molecule has 0 radical (unpaired) electrons. The van der Waals surface area contributed by atoms with Gasteiger partial charge in [0, 0.05) is 19.2 Å². The largest absolute Gasteiger partial charge is 0.491 e. The van der Waals surface area contributed by atoms with Crippen LogP contribution in [0.25, 0.3) is 0 Å². The zero-order chi connectivity index (χ0) is 16.3. The fourth-order valence-electron chi connectivity index (χ4n) is 2.63. The van der Waals surface area contributed by atoms with Crippen molar-refractivity contribution in [3.63, 3.8) is 0 Å². The number of para-hydroxylation sites is 1. The van der Waals surface area contributed by atoms with Crippen molar-refractivity contribution < 1.29 is 19.2 Å². The maximum absolute atomic E-state index is 12.3. The molecule has 0 spiro atoms. The quantitative estimate of drug-likeness (QED) is 0.934. The third-order valence-electron chi connectivity index (χ3n) is 4.08. The SMILES string of the molecule is Cc1cc(C(=O)N2CCC(O)(COc3ccccc3)CC2)no1. The molecule has 1 amide bonds. The molecule has 1 aromatic heterocycles. The van der Waals surface area contributed by atoms with Gasteiger partial charge in [-0.05, 0) is 31.9 Å². The molecule has 6 nitrogen and oxygen atoms in total. The van der Waals surface area contributed by atoms with Gasteiger partial charge in [-0.1, -0.05) is 23.4 Å². The third kappa shape index (κ3) is 3.71. The number of hydrogen-bond donors (Lipinski definition) is 1. The molecule has 0 saturated carbocycles. The van der Waals surface area contributed by atoms with Gasteiger partial charge in [-0.2, -0.15) is 0 Å². The Balaban J connectivity index is 1.54. The normalized spacial score (nSPS) is 17.0. The number of benzene rings is 1. The maximum Gasteiger partial charge on any atom is 0.276 e. The van der Waals surface area contributed by atoms with Gasteiger partial charge in [-0.15, -0.1) is 0 Å². The van der Waals surface area contributed by atoms with E-state index in [1.165, 1.54) is 0 Å². The average Bonchev–Trinajstić information content (AvgIpc) is 3.01. The summed E-state index contributed by atoms with van der Waals surface area (Å²) in [4.78, 5) is 14.0. The van der Waals surface area contributed by atoms with Crippen molar-refractivity contribution in [2.75, 3.05) is 19.7 Å². The molecule has 122 valence electrons. The van der Waals surface area contributed by atoms with E-state index in [4.69, 9.17) is 9.26 Å². The number of aliphatic hydroxyl groups is 1. The first kappa shape index (κ1) is 15.6. The molecule has 3 rings (SSSR count). The lowest BCUT2D eigenvalue weighted by molar-refractivity contribution is -0.0476. The van der Waals surface area contributed by atoms with Crippen LogP contribution in [0.2, 0.25) is 0 Å². The highest BCUT2D eigenvalue weighted by atomic mass is 16.5. The van der Waals surface area contributed by atoms with Crippen molar-refractivity contribution in [1.29, 1.82) is 0 Å². The van der Waals surface area contributed by atoms with Crippen molar-refractivity contribution in [2.24, 2.45) is 0 Å². The number of hydrogen-bond acceptors (Lipinski definition) is 5. The molecule has 1 saturated heterocycles. The van der Waals surface area contributed by atoms with Crippen LogP contribution in [0, 0.1) is 6.92 Å². The van der Waals surface area contributed by atoms with Crippen molar-refractivity contribution in [3.05, 3.63) is 47.9 Å². The molecule has 1 fully saturated rings. The molecule has 1 aliphatic rings. The summed E-state index contributed by atoms with van der Waals surface area (Å²) in [5.74, 6) is 1.18. The van der Waals surface area contributed by atoms with Crippen LogP contribution in [0.3, 0.4) is 0 Å². The van der Waals surface area contributed by atoms with E-state index in [2.05, 4.69) is 5.16 Å². The Morgan fingerprint density at radius 2 is 2.04 bits per heavy atom. The summed E-state index contributed by atoms with van der Waals surface area (Å²) in [6, 6.07) is 11.0. The Labute approximate surface area is 134 Å². The van der Waals surface area contributed by atoms with Gasteiger partial charge in [-0.25, -0.2) is 0 Å². The molecule has 1 aliphatic heterocycles. The Morgan fingerprint density at radius 3 is 2.65 bits per heavy atom. The lowest BCUT2D eigenvalue weighted by atomic mass is 9.92. The Bertz CT molecular complexity index is 660. The Hall–Kier alpha value is -2.34. The van der Waals surface area contributed by atoms with Gasteiger partial charge >= 0.3 is 0 Å². The molecular formula is C17H20N2O4. The molecule has 2 aromatic rings. The van der Waals surface area contributed by atoms with Crippen LogP contribution in [0.15, 0.2) is 40.9 Å². The van der Waals surface area contributed by atoms with Gasteiger partial charge in [0.05, 0.1) is 0 Å². The van der Waals surface area contributed by atoms with Crippen LogP contribution < -0.4 is 4.74 Å². The molecule has 0 unspecified atom stereocenters. The maximum atomic E-state index is 12.3. The molecule has 1 N–H and O–H groups in total. The van der Waals surface area contributed by atoms with E-state index in [0.29, 0.717) is 37.4 Å². The average molecular weight is 316 g/mol. The molecule has 2 heterocycles. The number of carbonyl (C=O) groups is 1. The summed E-state index contributed by atoms with van der Waals surface area (Å²) in [5.41, 5.74) is -0.597. The van der Waals surface area contributed by atoms with Crippen LogP contribution in [0.5, 0.6) is 5.75 Å². The van der Waals surface area contributed by atoms with E-state index in [0.717, 1.165) is 5.75 Å². The van der Waals surface area contributed by atoms with Gasteiger partial charge in [-0.3, -0.25) is 4.79 Å². The predicted molar refractivity (Wildman–Crippen MR) is 83.3 cm³/mol. The van der Waals surface area contributed by atoms with E-state index in [1.54, 1.807) is 17.9 Å². The molecule has 1 aromatic carbocycles. The first-order valence-electron chi connectivity index (χ1n) is 7.69. The van der Waals surface area contributed by atoms with Crippen molar-refractivity contribution in [3.8, 4) is 5.75 Å². The minimum Gasteiger partial charge on any atom is -0.491 e. The second-order valence-corrected chi connectivity index (χ2v) is 5.94. The van der Waals surface area contributed by atoms with Crippen molar-refractivity contribution >= 4 is 5.91 Å². The van der Waals surface area contributed by atoms with E-state index < -0.39 is 5.60 Å². The monoisotopic (exact) mass is 316 g/mol. The summed E-state index contributed by atoms with van der Waals surface area (Å²) in [6.45, 7) is 2.92. The lowest BCUT2D eigenvalue weighted by Gasteiger charge is -2.37. The van der Waals surface area contributed by atoms with E-state index in [1.807, 2.05) is 30.3 Å². The number of ether oxygens (including phenoxy) is 1. The summed E-state index contributed by atoms with van der Waals surface area (Å²) < 4.78 is 10.6. The summed E-state index contributed by atoms with van der Waals surface area (Å²) in [5, 5.41) is 14.4. The topological polar surface area (TPSA) is 75.8 Å². The Kier molecular flexibility index (Phi) is 4.34. The van der Waals surface area contributed by atoms with Crippen molar-refractivity contribution in [2.45, 2.75) is 25.4 Å². The van der Waals surface area contributed by atoms with Gasteiger partial charge in [0.2, 0.25) is 0 Å². The number of rotatable bonds is 4. The van der Waals surface area contributed by atoms with Gasteiger partial charge in [0.15, 0.2) is 5.69 Å². The zero-order valence-corrected chi connectivity index (χ0v) is 13.1. The predicted octanol–water partition coefficient (Wildman–Crippen LogP) is 2.03. The molecule has 0 bridgehead atoms. The summed E-state index contributed by atoms with van der Waals surface area (Å²) >= 11 is 0. The number of piperidine rings is 1. The third-order valence-corrected chi connectivity index (χ3v) is 4.08. The van der Waals surface area contributed by atoms with Crippen LogP contribution in [-0.4, -0.2) is 46.4 Å². The number of amides is 1. The lowest BCUT2D eigenvalue weighted by Crippen LogP contribution is -2.49. The Morgan fingerprint density at radius 1 is 1.35 bits per heavy atom. The zero-order valence-electron chi connectivity index (χ0n) is 13.1. The minimum atomic E-state index is -0.910. The second kappa shape index (κ2) is 6.42. The fourth-order valence-corrected chi connectivity index (χ4v) is 2.63. The molecule has 6 heteroatoms. The van der Waals surface area contributed by atoms with Crippen molar-refractivity contribution in [1.82, 2.24) is 10.1 Å². The number of aromatic nitrogens is 1. The first-order valence-corrected chi connectivity index (χ1v) is 7.69. The minimum absolute atomic E-state index is 0.159. The van der Waals surface area contributed by atoms with Crippen LogP contribution in [-0.2, 0) is 0 Å². The van der Waals surface area contributed by atoms with E-state index in [-0.39, 0.29) is 12.5 Å². The second-order valence-electron chi connectivity index (χ2n) is 5.94. The van der Waals surface area contributed by atoms with Crippen LogP contribution >= 0.6 is 0 Å². The smallest absolute Gasteiger partial charge is 0.276 e. The summed E-state index contributed by atoms with van der Waals surface area (Å²) in [7, 11) is 0.